The van der Waals surface area contributed by atoms with E-state index in [1.165, 1.54) is 24.3 Å². The molecular formula is C19H18F2O3S. The van der Waals surface area contributed by atoms with Gasteiger partial charge in [-0.25, -0.2) is 17.2 Å². The summed E-state index contributed by atoms with van der Waals surface area (Å²) in [7, 11) is -3.30. The first-order valence-corrected chi connectivity index (χ1v) is 9.63. The first-order chi connectivity index (χ1) is 11.5. The van der Waals surface area contributed by atoms with Gasteiger partial charge in [0.05, 0.1) is 4.90 Å². The SMILES string of the molecule is CC1(C)CC(c2cc(F)cc(F)c2)=C(c2ccc(S(C)(=O)=O)cc2)O1. The van der Waals surface area contributed by atoms with Gasteiger partial charge < -0.3 is 4.74 Å². The second-order valence-corrected chi connectivity index (χ2v) is 8.82. The van der Waals surface area contributed by atoms with Gasteiger partial charge in [-0.3, -0.25) is 0 Å². The van der Waals surface area contributed by atoms with E-state index in [-0.39, 0.29) is 4.90 Å². The Labute approximate surface area is 145 Å². The van der Waals surface area contributed by atoms with E-state index in [4.69, 9.17) is 4.74 Å². The second-order valence-electron chi connectivity index (χ2n) is 6.80. The molecule has 132 valence electrons. The molecular weight excluding hydrogens is 346 g/mol. The van der Waals surface area contributed by atoms with Crippen LogP contribution in [0.15, 0.2) is 47.4 Å². The Morgan fingerprint density at radius 3 is 2.04 bits per heavy atom. The van der Waals surface area contributed by atoms with Gasteiger partial charge in [0.25, 0.3) is 0 Å². The van der Waals surface area contributed by atoms with Crippen molar-refractivity contribution >= 4 is 21.2 Å². The first-order valence-electron chi connectivity index (χ1n) is 7.74. The summed E-state index contributed by atoms with van der Waals surface area (Å²) in [5.74, 6) is -0.798. The van der Waals surface area contributed by atoms with Gasteiger partial charge in [-0.15, -0.1) is 0 Å². The van der Waals surface area contributed by atoms with E-state index >= 15 is 0 Å². The number of benzene rings is 2. The highest BCUT2D eigenvalue weighted by Gasteiger charge is 2.34. The van der Waals surface area contributed by atoms with Crippen molar-refractivity contribution in [2.24, 2.45) is 0 Å². The van der Waals surface area contributed by atoms with Crippen LogP contribution in [0, 0.1) is 11.6 Å². The molecule has 0 amide bonds. The fourth-order valence-electron chi connectivity index (χ4n) is 2.93. The third-order valence-electron chi connectivity index (χ3n) is 4.01. The van der Waals surface area contributed by atoms with E-state index in [0.29, 0.717) is 28.9 Å². The molecule has 0 unspecified atom stereocenters. The zero-order valence-corrected chi connectivity index (χ0v) is 15.0. The van der Waals surface area contributed by atoms with Crippen LogP contribution in [0.4, 0.5) is 8.78 Å². The van der Waals surface area contributed by atoms with Crippen LogP contribution < -0.4 is 0 Å². The van der Waals surface area contributed by atoms with Crippen LogP contribution in [0.3, 0.4) is 0 Å². The van der Waals surface area contributed by atoms with Crippen LogP contribution >= 0.6 is 0 Å². The molecule has 1 heterocycles. The quantitative estimate of drug-likeness (QED) is 0.809. The second kappa shape index (κ2) is 5.95. The Balaban J connectivity index is 2.12. The standard InChI is InChI=1S/C19H18F2O3S/c1-19(2)11-17(13-8-14(20)10-15(21)9-13)18(24-19)12-4-6-16(7-5-12)25(3,22)23/h4-10H,11H2,1-3H3. The minimum absolute atomic E-state index is 0.201. The maximum atomic E-state index is 13.6. The lowest BCUT2D eigenvalue weighted by atomic mass is 9.94. The number of hydrogen-bond donors (Lipinski definition) is 0. The highest BCUT2D eigenvalue weighted by Crippen LogP contribution is 2.44. The monoisotopic (exact) mass is 364 g/mol. The van der Waals surface area contributed by atoms with Crippen LogP contribution in [0.2, 0.25) is 0 Å². The predicted molar refractivity (Wildman–Crippen MR) is 92.5 cm³/mol. The summed E-state index contributed by atoms with van der Waals surface area (Å²) < 4.78 is 56.4. The lowest BCUT2D eigenvalue weighted by molar-refractivity contribution is 0.101. The largest absolute Gasteiger partial charge is 0.487 e. The predicted octanol–water partition coefficient (Wildman–Crippen LogP) is 4.44. The van der Waals surface area contributed by atoms with Crippen molar-refractivity contribution in [2.75, 3.05) is 6.26 Å². The molecule has 0 spiro atoms. The van der Waals surface area contributed by atoms with Gasteiger partial charge in [-0.05, 0) is 55.8 Å². The molecule has 0 radical (unpaired) electrons. The summed E-state index contributed by atoms with van der Waals surface area (Å²) in [4.78, 5) is 0.201. The molecule has 6 heteroatoms. The summed E-state index contributed by atoms with van der Waals surface area (Å²) in [6, 6.07) is 9.64. The fourth-order valence-corrected chi connectivity index (χ4v) is 3.56. The molecule has 2 aromatic rings. The normalized spacial score (nSPS) is 16.8. The maximum absolute atomic E-state index is 13.6. The van der Waals surface area contributed by atoms with Crippen molar-refractivity contribution in [1.82, 2.24) is 0 Å². The summed E-state index contributed by atoms with van der Waals surface area (Å²) in [6.07, 6.45) is 1.62. The molecule has 0 saturated carbocycles. The van der Waals surface area contributed by atoms with E-state index in [9.17, 15) is 17.2 Å². The summed E-state index contributed by atoms with van der Waals surface area (Å²) >= 11 is 0. The third-order valence-corrected chi connectivity index (χ3v) is 5.14. The van der Waals surface area contributed by atoms with Gasteiger partial charge in [0.2, 0.25) is 0 Å². The van der Waals surface area contributed by atoms with Crippen molar-refractivity contribution in [3.8, 4) is 0 Å². The molecule has 1 aliphatic rings. The number of hydrogen-bond acceptors (Lipinski definition) is 3. The van der Waals surface area contributed by atoms with E-state index in [1.54, 1.807) is 12.1 Å². The minimum Gasteiger partial charge on any atom is -0.487 e. The molecule has 0 aromatic heterocycles. The molecule has 0 saturated heterocycles. The number of rotatable bonds is 3. The highest BCUT2D eigenvalue weighted by molar-refractivity contribution is 7.90. The van der Waals surface area contributed by atoms with E-state index in [1.807, 2.05) is 13.8 Å². The molecule has 0 aliphatic carbocycles. The fraction of sp³-hybridized carbons (Fsp3) is 0.263. The van der Waals surface area contributed by atoms with E-state index in [0.717, 1.165) is 12.3 Å². The van der Waals surface area contributed by atoms with Crippen LogP contribution in [-0.2, 0) is 14.6 Å². The van der Waals surface area contributed by atoms with Crippen molar-refractivity contribution < 1.29 is 21.9 Å². The van der Waals surface area contributed by atoms with Gasteiger partial charge in [0, 0.05) is 29.9 Å². The van der Waals surface area contributed by atoms with Crippen molar-refractivity contribution in [3.63, 3.8) is 0 Å². The van der Waals surface area contributed by atoms with Gasteiger partial charge in [0.1, 0.15) is 23.0 Å². The van der Waals surface area contributed by atoms with Crippen molar-refractivity contribution in [2.45, 2.75) is 30.8 Å². The number of ether oxygens (including phenoxy) is 1. The van der Waals surface area contributed by atoms with Gasteiger partial charge >= 0.3 is 0 Å². The van der Waals surface area contributed by atoms with Gasteiger partial charge in [-0.1, -0.05) is 0 Å². The number of halogens is 2. The average Bonchev–Trinajstić information content (AvgIpc) is 2.81. The zero-order valence-electron chi connectivity index (χ0n) is 14.1. The van der Waals surface area contributed by atoms with Crippen molar-refractivity contribution in [1.29, 1.82) is 0 Å². The Morgan fingerprint density at radius 2 is 1.52 bits per heavy atom. The Kier molecular flexibility index (Phi) is 4.19. The summed E-state index contributed by atoms with van der Waals surface area (Å²) in [5, 5.41) is 0. The van der Waals surface area contributed by atoms with Crippen LogP contribution in [-0.4, -0.2) is 20.3 Å². The number of sulfone groups is 1. The molecule has 2 aromatic carbocycles. The first kappa shape index (κ1) is 17.6. The Hall–Kier alpha value is -2.21. The molecule has 3 nitrogen and oxygen atoms in total. The molecule has 25 heavy (non-hydrogen) atoms. The smallest absolute Gasteiger partial charge is 0.175 e. The third kappa shape index (κ3) is 3.74. The van der Waals surface area contributed by atoms with Crippen LogP contribution in [0.5, 0.6) is 0 Å². The lowest BCUT2D eigenvalue weighted by Gasteiger charge is -2.19. The lowest BCUT2D eigenvalue weighted by Crippen LogP contribution is -2.17. The van der Waals surface area contributed by atoms with Gasteiger partial charge in [-0.2, -0.15) is 0 Å². The maximum Gasteiger partial charge on any atom is 0.175 e. The van der Waals surface area contributed by atoms with Crippen LogP contribution in [0.25, 0.3) is 11.3 Å². The summed E-state index contributed by atoms with van der Waals surface area (Å²) in [6.45, 7) is 3.78. The summed E-state index contributed by atoms with van der Waals surface area (Å²) in [5.41, 5.74) is 1.25. The van der Waals surface area contributed by atoms with E-state index in [2.05, 4.69) is 0 Å². The average molecular weight is 364 g/mol. The molecule has 0 bridgehead atoms. The molecule has 1 aliphatic heterocycles. The molecule has 3 rings (SSSR count). The zero-order chi connectivity index (χ0) is 18.4. The molecule has 0 fully saturated rings. The Morgan fingerprint density at radius 1 is 0.960 bits per heavy atom. The molecule has 0 N–H and O–H groups in total. The highest BCUT2D eigenvalue weighted by atomic mass is 32.2. The van der Waals surface area contributed by atoms with Crippen LogP contribution in [0.1, 0.15) is 31.4 Å². The molecule has 0 atom stereocenters. The topological polar surface area (TPSA) is 43.4 Å². The Bertz CT molecular complexity index is 938. The van der Waals surface area contributed by atoms with Gasteiger partial charge in [0.15, 0.2) is 9.84 Å². The van der Waals surface area contributed by atoms with Crippen molar-refractivity contribution in [3.05, 3.63) is 65.2 Å². The minimum atomic E-state index is -3.30. The van der Waals surface area contributed by atoms with E-state index < -0.39 is 27.1 Å².